The number of imidazole rings is 1. The van der Waals surface area contributed by atoms with Crippen molar-refractivity contribution in [2.75, 3.05) is 0 Å². The predicted octanol–water partition coefficient (Wildman–Crippen LogP) is 5.01. The smallest absolute Gasteiger partial charge is 0.197 e. The number of aromatic nitrogens is 3. The van der Waals surface area contributed by atoms with Crippen LogP contribution in [-0.4, -0.2) is 24.9 Å². The summed E-state index contributed by atoms with van der Waals surface area (Å²) < 4.78 is 13.2. The maximum Gasteiger partial charge on any atom is 0.197 e. The highest BCUT2D eigenvalue weighted by Gasteiger charge is 2.50. The van der Waals surface area contributed by atoms with Crippen molar-refractivity contribution in [3.8, 4) is 0 Å². The summed E-state index contributed by atoms with van der Waals surface area (Å²) in [4.78, 5) is 25.3. The van der Waals surface area contributed by atoms with Gasteiger partial charge in [-0.2, -0.15) is 0 Å². The van der Waals surface area contributed by atoms with E-state index in [9.17, 15) is 9.00 Å². The van der Waals surface area contributed by atoms with Crippen molar-refractivity contribution >= 4 is 27.6 Å². The van der Waals surface area contributed by atoms with Gasteiger partial charge in [0.2, 0.25) is 0 Å². The second kappa shape index (κ2) is 6.83. The van der Waals surface area contributed by atoms with E-state index in [0.717, 1.165) is 33.4 Å². The third-order valence-corrected chi connectivity index (χ3v) is 7.84. The second-order valence-electron chi connectivity index (χ2n) is 10.7. The molecule has 3 aromatic rings. The van der Waals surface area contributed by atoms with Crippen LogP contribution in [0.25, 0.3) is 11.0 Å². The Bertz CT molecular complexity index is 1190. The molecule has 0 saturated carbocycles. The molecular formula is C25H31N3O2S. The number of fused-ring (bicyclic) bond motifs is 2. The zero-order chi connectivity index (χ0) is 22.9. The molecule has 5 nitrogen and oxygen atoms in total. The van der Waals surface area contributed by atoms with Crippen LogP contribution in [0.4, 0.5) is 0 Å². The Kier molecular flexibility index (Phi) is 4.82. The number of nitrogens with zero attached hydrogens (tertiary/aromatic N) is 2. The number of benzene rings is 1. The zero-order valence-electron chi connectivity index (χ0n) is 19.6. The van der Waals surface area contributed by atoms with Gasteiger partial charge in [-0.1, -0.05) is 20.8 Å². The Morgan fingerprint density at radius 2 is 1.68 bits per heavy atom. The van der Waals surface area contributed by atoms with Gasteiger partial charge in [0.15, 0.2) is 10.9 Å². The van der Waals surface area contributed by atoms with Crippen molar-refractivity contribution in [2.45, 2.75) is 82.5 Å². The summed E-state index contributed by atoms with van der Waals surface area (Å²) in [6.45, 7) is 16.4. The summed E-state index contributed by atoms with van der Waals surface area (Å²) >= 11 is 0. The van der Waals surface area contributed by atoms with E-state index in [2.05, 4.69) is 35.7 Å². The number of rotatable bonds is 3. The highest BCUT2D eigenvalue weighted by molar-refractivity contribution is 7.84. The molecule has 6 heteroatoms. The number of nitrogens with one attached hydrogen (secondary N) is 1. The van der Waals surface area contributed by atoms with E-state index in [1.54, 1.807) is 6.20 Å². The largest absolute Gasteiger partial charge is 0.331 e. The van der Waals surface area contributed by atoms with Gasteiger partial charge in [0.25, 0.3) is 0 Å². The van der Waals surface area contributed by atoms with Gasteiger partial charge < -0.3 is 4.98 Å². The maximum absolute atomic E-state index is 13.2. The molecule has 0 amide bonds. The first-order valence-corrected chi connectivity index (χ1v) is 12.0. The number of carbonyl (C=O) groups excluding carboxylic acids is 1. The monoisotopic (exact) mass is 437 g/mol. The number of carbonyl (C=O) groups is 1. The summed E-state index contributed by atoms with van der Waals surface area (Å²) in [6, 6.07) is 6.03. The molecule has 31 heavy (non-hydrogen) atoms. The molecule has 1 atom stereocenters. The number of aromatic amines is 1. The van der Waals surface area contributed by atoms with Crippen molar-refractivity contribution < 1.29 is 9.00 Å². The van der Waals surface area contributed by atoms with E-state index >= 15 is 0 Å². The molecule has 2 aromatic heterocycles. The lowest BCUT2D eigenvalue weighted by Gasteiger charge is -2.22. The minimum atomic E-state index is -1.35. The molecular weight excluding hydrogens is 406 g/mol. The molecule has 164 valence electrons. The van der Waals surface area contributed by atoms with Crippen LogP contribution in [0.15, 0.2) is 29.6 Å². The summed E-state index contributed by atoms with van der Waals surface area (Å²) in [5.41, 5.74) is 5.61. The van der Waals surface area contributed by atoms with E-state index in [4.69, 9.17) is 0 Å². The molecule has 1 aromatic carbocycles. The van der Waals surface area contributed by atoms with Crippen LogP contribution in [0.1, 0.15) is 76.4 Å². The fraction of sp³-hybridized carbons (Fsp3) is 0.480. The van der Waals surface area contributed by atoms with E-state index in [0.29, 0.717) is 10.9 Å². The molecule has 1 aliphatic rings. The predicted molar refractivity (Wildman–Crippen MR) is 125 cm³/mol. The summed E-state index contributed by atoms with van der Waals surface area (Å²) in [5.74, 6) is 0.525. The third-order valence-electron chi connectivity index (χ3n) is 6.68. The number of Topliss-reactive ketones (excluding diaryl/α,β-unsaturated/α-hetero) is 1. The third kappa shape index (κ3) is 3.36. The van der Waals surface area contributed by atoms with Crippen LogP contribution in [0, 0.1) is 6.92 Å². The van der Waals surface area contributed by atoms with Crippen molar-refractivity contribution in [1.82, 2.24) is 15.0 Å². The summed E-state index contributed by atoms with van der Waals surface area (Å²) in [5, 5.41) is 0.447. The van der Waals surface area contributed by atoms with Gasteiger partial charge in [-0.05, 0) is 80.5 Å². The molecule has 4 rings (SSSR count). The Balaban J connectivity index is 1.71. The number of hydrogen-bond donors (Lipinski definition) is 1. The number of pyridine rings is 1. The first-order valence-electron chi connectivity index (χ1n) is 10.7. The van der Waals surface area contributed by atoms with E-state index in [1.165, 1.54) is 5.56 Å². The van der Waals surface area contributed by atoms with E-state index in [-0.39, 0.29) is 11.2 Å². The highest BCUT2D eigenvalue weighted by atomic mass is 32.2. The van der Waals surface area contributed by atoms with Gasteiger partial charge in [-0.25, -0.2) is 4.98 Å². The molecule has 0 fully saturated rings. The highest BCUT2D eigenvalue weighted by Crippen LogP contribution is 2.47. The molecule has 1 unspecified atom stereocenters. The quantitative estimate of drug-likeness (QED) is 0.625. The number of hydrogen-bond acceptors (Lipinski definition) is 4. The lowest BCUT2D eigenvalue weighted by Crippen LogP contribution is -2.33. The fourth-order valence-corrected chi connectivity index (χ4v) is 6.03. The molecule has 0 aliphatic heterocycles. The van der Waals surface area contributed by atoms with Crippen LogP contribution < -0.4 is 0 Å². The van der Waals surface area contributed by atoms with Crippen LogP contribution in [-0.2, 0) is 37.6 Å². The summed E-state index contributed by atoms with van der Waals surface area (Å²) in [6.07, 6.45) is 1.80. The average molecular weight is 438 g/mol. The molecule has 1 N–H and O–H groups in total. The van der Waals surface area contributed by atoms with Crippen molar-refractivity contribution in [3.63, 3.8) is 0 Å². The Labute approximate surface area is 186 Å². The Hall–Kier alpha value is -2.34. The van der Waals surface area contributed by atoms with Crippen LogP contribution >= 0.6 is 0 Å². The van der Waals surface area contributed by atoms with Gasteiger partial charge in [-0.3, -0.25) is 14.0 Å². The van der Waals surface area contributed by atoms with E-state index < -0.39 is 21.6 Å². The van der Waals surface area contributed by atoms with Crippen molar-refractivity contribution in [1.29, 1.82) is 0 Å². The van der Waals surface area contributed by atoms with Crippen LogP contribution in [0.3, 0.4) is 0 Å². The van der Waals surface area contributed by atoms with Gasteiger partial charge in [0.05, 0.1) is 33.3 Å². The van der Waals surface area contributed by atoms with Gasteiger partial charge in [-0.15, -0.1) is 0 Å². The average Bonchev–Trinajstić information content (AvgIpc) is 3.14. The van der Waals surface area contributed by atoms with Crippen LogP contribution in [0.5, 0.6) is 0 Å². The van der Waals surface area contributed by atoms with Crippen molar-refractivity contribution in [3.05, 3.63) is 52.3 Å². The lowest BCUT2D eigenvalue weighted by atomic mass is 9.80. The molecule has 0 saturated heterocycles. The maximum atomic E-state index is 13.2. The molecule has 0 spiro atoms. The zero-order valence-corrected chi connectivity index (χ0v) is 20.5. The van der Waals surface area contributed by atoms with Crippen LogP contribution in [0.2, 0.25) is 0 Å². The lowest BCUT2D eigenvalue weighted by molar-refractivity contribution is -0.126. The SMILES string of the molecule is Cc1c(C(C)(C)C)ccnc1CS(=O)c1nc2cc3c(cc2[nH]1)C(C)(C)C(=O)C3(C)C. The Morgan fingerprint density at radius 3 is 2.29 bits per heavy atom. The fourth-order valence-electron chi connectivity index (χ4n) is 4.93. The first kappa shape index (κ1) is 21.9. The molecule has 1 aliphatic carbocycles. The Morgan fingerprint density at radius 1 is 1.06 bits per heavy atom. The van der Waals surface area contributed by atoms with E-state index in [1.807, 2.05) is 52.8 Å². The minimum Gasteiger partial charge on any atom is -0.331 e. The molecule has 2 heterocycles. The standard InChI is InChI=1S/C25H31N3O2S/c1-14-15(23(2,3)4)9-10-26-20(14)13-31(30)22-27-18-11-16-17(12-19(18)28-22)25(7,8)21(29)24(16,5)6/h9-12H,13H2,1-8H3,(H,27,28). The second-order valence-corrected chi connectivity index (χ2v) is 12.1. The molecule has 0 bridgehead atoms. The molecule has 0 radical (unpaired) electrons. The summed E-state index contributed by atoms with van der Waals surface area (Å²) in [7, 11) is -1.35. The van der Waals surface area contributed by atoms with Gasteiger partial charge in [0.1, 0.15) is 0 Å². The van der Waals surface area contributed by atoms with Gasteiger partial charge in [0, 0.05) is 17.0 Å². The number of ketones is 1. The topological polar surface area (TPSA) is 75.7 Å². The van der Waals surface area contributed by atoms with Crippen molar-refractivity contribution in [2.24, 2.45) is 0 Å². The first-order chi connectivity index (χ1) is 14.2. The minimum absolute atomic E-state index is 0.000229. The van der Waals surface area contributed by atoms with Gasteiger partial charge >= 0.3 is 0 Å². The normalized spacial score (nSPS) is 18.4. The number of H-pyrrole nitrogens is 1.